The number of hydrogen-bond donors (Lipinski definition) is 2. The van der Waals surface area contributed by atoms with Crippen molar-refractivity contribution in [3.63, 3.8) is 0 Å². The lowest BCUT2D eigenvalue weighted by molar-refractivity contribution is 0.0697. The molecule has 0 radical (unpaired) electrons. The van der Waals surface area contributed by atoms with Crippen LogP contribution in [0, 0.1) is 13.8 Å². The maximum Gasteiger partial charge on any atom is 0.335 e. The Kier molecular flexibility index (Phi) is 2.31. The number of fused-ring (bicyclic) bond motifs is 1. The second-order valence-corrected chi connectivity index (χ2v) is 3.96. The van der Waals surface area contributed by atoms with E-state index in [0.29, 0.717) is 0 Å². The van der Waals surface area contributed by atoms with Crippen molar-refractivity contribution in [3.8, 4) is 5.75 Å². The third kappa shape index (κ3) is 1.60. The average molecular weight is 216 g/mol. The number of aryl methyl sites for hydroxylation is 2. The fraction of sp³-hybridized carbons (Fsp3) is 0.154. The molecule has 2 rings (SSSR count). The number of aromatic carboxylic acids is 1. The lowest BCUT2D eigenvalue weighted by Crippen LogP contribution is -1.97. The summed E-state index contributed by atoms with van der Waals surface area (Å²) in [6.07, 6.45) is 0. The van der Waals surface area contributed by atoms with E-state index in [2.05, 4.69) is 0 Å². The molecule has 0 amide bonds. The number of carboxylic acid groups (broad SMARTS) is 1. The van der Waals surface area contributed by atoms with Crippen LogP contribution in [0.2, 0.25) is 0 Å². The molecule has 82 valence electrons. The Morgan fingerprint density at radius 2 is 1.75 bits per heavy atom. The summed E-state index contributed by atoms with van der Waals surface area (Å²) in [7, 11) is 0. The van der Waals surface area contributed by atoms with E-state index in [9.17, 15) is 9.90 Å². The summed E-state index contributed by atoms with van der Waals surface area (Å²) < 4.78 is 0. The quantitative estimate of drug-likeness (QED) is 0.770. The maximum atomic E-state index is 10.9. The lowest BCUT2D eigenvalue weighted by atomic mass is 9.99. The fourth-order valence-electron chi connectivity index (χ4n) is 1.82. The van der Waals surface area contributed by atoms with Gasteiger partial charge < -0.3 is 10.2 Å². The number of benzene rings is 2. The second kappa shape index (κ2) is 3.52. The molecule has 3 nitrogen and oxygen atoms in total. The minimum Gasteiger partial charge on any atom is -0.508 e. The second-order valence-electron chi connectivity index (χ2n) is 3.96. The highest BCUT2D eigenvalue weighted by atomic mass is 16.4. The van der Waals surface area contributed by atoms with Crippen molar-refractivity contribution in [2.75, 3.05) is 0 Å². The molecule has 0 bridgehead atoms. The minimum absolute atomic E-state index is 0.235. The molecule has 2 aromatic carbocycles. The monoisotopic (exact) mass is 216 g/mol. The Labute approximate surface area is 93.0 Å². The van der Waals surface area contributed by atoms with Crippen LogP contribution in [0.1, 0.15) is 21.5 Å². The number of rotatable bonds is 1. The standard InChI is InChI=1S/C13H12O3/c1-7-3-10(13(15)16)5-9-4-8(2)12(14)6-11(7)9/h3-6,14H,1-2H3,(H,15,16). The van der Waals surface area contributed by atoms with Gasteiger partial charge in [0, 0.05) is 0 Å². The van der Waals surface area contributed by atoms with E-state index < -0.39 is 5.97 Å². The molecule has 0 unspecified atom stereocenters. The van der Waals surface area contributed by atoms with Crippen LogP contribution >= 0.6 is 0 Å². The Bertz CT molecular complexity index is 585. The minimum atomic E-state index is -0.935. The smallest absolute Gasteiger partial charge is 0.335 e. The van der Waals surface area contributed by atoms with E-state index in [4.69, 9.17) is 5.11 Å². The Balaban J connectivity index is 2.82. The molecular weight excluding hydrogens is 204 g/mol. The number of aromatic hydroxyl groups is 1. The van der Waals surface area contributed by atoms with Crippen LogP contribution in [-0.4, -0.2) is 16.2 Å². The lowest BCUT2D eigenvalue weighted by Gasteiger charge is -2.07. The number of hydrogen-bond acceptors (Lipinski definition) is 2. The molecule has 2 N–H and O–H groups in total. The van der Waals surface area contributed by atoms with Gasteiger partial charge >= 0.3 is 5.97 Å². The van der Waals surface area contributed by atoms with Gasteiger partial charge in [-0.2, -0.15) is 0 Å². The topological polar surface area (TPSA) is 57.5 Å². The maximum absolute atomic E-state index is 10.9. The molecule has 0 heterocycles. The van der Waals surface area contributed by atoms with Crippen LogP contribution in [0.4, 0.5) is 0 Å². The molecule has 0 fully saturated rings. The van der Waals surface area contributed by atoms with Crippen molar-refractivity contribution in [2.45, 2.75) is 13.8 Å². The summed E-state index contributed by atoms with van der Waals surface area (Å²) in [4.78, 5) is 10.9. The van der Waals surface area contributed by atoms with E-state index in [1.54, 1.807) is 31.2 Å². The molecule has 0 aliphatic carbocycles. The first-order valence-electron chi connectivity index (χ1n) is 4.96. The summed E-state index contributed by atoms with van der Waals surface area (Å²) in [5.74, 6) is -0.700. The molecule has 0 saturated heterocycles. The summed E-state index contributed by atoms with van der Waals surface area (Å²) in [6.45, 7) is 3.63. The predicted octanol–water partition coefficient (Wildman–Crippen LogP) is 2.86. The molecule has 0 atom stereocenters. The first-order valence-corrected chi connectivity index (χ1v) is 4.96. The highest BCUT2D eigenvalue weighted by Crippen LogP contribution is 2.27. The summed E-state index contributed by atoms with van der Waals surface area (Å²) in [5.41, 5.74) is 1.87. The van der Waals surface area contributed by atoms with Crippen molar-refractivity contribution in [2.24, 2.45) is 0 Å². The number of phenols is 1. The van der Waals surface area contributed by atoms with Gasteiger partial charge in [-0.1, -0.05) is 0 Å². The normalized spacial score (nSPS) is 10.6. The molecule has 0 spiro atoms. The van der Waals surface area contributed by atoms with Gasteiger partial charge in [-0.3, -0.25) is 0 Å². The molecule has 0 aliphatic heterocycles. The Morgan fingerprint density at radius 1 is 1.06 bits per heavy atom. The van der Waals surface area contributed by atoms with Crippen LogP contribution in [-0.2, 0) is 0 Å². The van der Waals surface area contributed by atoms with Crippen molar-refractivity contribution in [1.82, 2.24) is 0 Å². The van der Waals surface area contributed by atoms with E-state index in [0.717, 1.165) is 21.9 Å². The van der Waals surface area contributed by atoms with Gasteiger partial charge in [0.25, 0.3) is 0 Å². The highest BCUT2D eigenvalue weighted by Gasteiger charge is 2.08. The predicted molar refractivity (Wildman–Crippen MR) is 62.0 cm³/mol. The van der Waals surface area contributed by atoms with E-state index in [-0.39, 0.29) is 11.3 Å². The first kappa shape index (κ1) is 10.5. The average Bonchev–Trinajstić information content (AvgIpc) is 2.20. The van der Waals surface area contributed by atoms with E-state index >= 15 is 0 Å². The van der Waals surface area contributed by atoms with Gasteiger partial charge in [-0.25, -0.2) is 4.79 Å². The van der Waals surface area contributed by atoms with Gasteiger partial charge in [0.1, 0.15) is 5.75 Å². The molecular formula is C13H12O3. The van der Waals surface area contributed by atoms with Crippen molar-refractivity contribution in [3.05, 3.63) is 41.0 Å². The molecule has 0 saturated carbocycles. The highest BCUT2D eigenvalue weighted by molar-refractivity contribution is 5.96. The van der Waals surface area contributed by atoms with Crippen molar-refractivity contribution >= 4 is 16.7 Å². The van der Waals surface area contributed by atoms with Crippen LogP contribution < -0.4 is 0 Å². The van der Waals surface area contributed by atoms with Gasteiger partial charge in [0.15, 0.2) is 0 Å². The van der Waals surface area contributed by atoms with Crippen molar-refractivity contribution in [1.29, 1.82) is 0 Å². The van der Waals surface area contributed by atoms with Gasteiger partial charge in [0.05, 0.1) is 5.56 Å². The largest absolute Gasteiger partial charge is 0.508 e. The first-order chi connectivity index (χ1) is 7.49. The summed E-state index contributed by atoms with van der Waals surface area (Å²) in [5, 5.41) is 20.3. The SMILES string of the molecule is Cc1cc2cc(C(=O)O)cc(C)c2cc1O. The molecule has 3 heteroatoms. The van der Waals surface area contributed by atoms with Crippen LogP contribution in [0.15, 0.2) is 24.3 Å². The number of carboxylic acids is 1. The third-order valence-corrected chi connectivity index (χ3v) is 2.72. The molecule has 16 heavy (non-hydrogen) atoms. The zero-order valence-corrected chi connectivity index (χ0v) is 9.11. The van der Waals surface area contributed by atoms with Gasteiger partial charge in [-0.15, -0.1) is 0 Å². The zero-order valence-electron chi connectivity index (χ0n) is 9.11. The van der Waals surface area contributed by atoms with Crippen LogP contribution in [0.25, 0.3) is 10.8 Å². The fourth-order valence-corrected chi connectivity index (χ4v) is 1.82. The zero-order chi connectivity index (χ0) is 11.9. The van der Waals surface area contributed by atoms with Crippen LogP contribution in [0.5, 0.6) is 5.75 Å². The Hall–Kier alpha value is -2.03. The van der Waals surface area contributed by atoms with Crippen LogP contribution in [0.3, 0.4) is 0 Å². The van der Waals surface area contributed by atoms with Gasteiger partial charge in [-0.05, 0) is 60.0 Å². The van der Waals surface area contributed by atoms with E-state index in [1.165, 1.54) is 0 Å². The summed E-state index contributed by atoms with van der Waals surface area (Å²) in [6, 6.07) is 6.70. The molecule has 0 aromatic heterocycles. The molecule has 0 aliphatic rings. The van der Waals surface area contributed by atoms with Gasteiger partial charge in [0.2, 0.25) is 0 Å². The number of phenolic OH excluding ortho intramolecular Hbond substituents is 1. The summed E-state index contributed by atoms with van der Waals surface area (Å²) >= 11 is 0. The molecule has 2 aromatic rings. The third-order valence-electron chi connectivity index (χ3n) is 2.72. The van der Waals surface area contributed by atoms with Crippen molar-refractivity contribution < 1.29 is 15.0 Å². The van der Waals surface area contributed by atoms with E-state index in [1.807, 2.05) is 6.92 Å². The number of carbonyl (C=O) groups is 1. The Morgan fingerprint density at radius 3 is 2.38 bits per heavy atom.